The molecule has 0 spiro atoms. The van der Waals surface area contributed by atoms with E-state index < -0.39 is 0 Å². The van der Waals surface area contributed by atoms with Crippen molar-refractivity contribution < 1.29 is 9.32 Å². The van der Waals surface area contributed by atoms with E-state index in [2.05, 4.69) is 27.7 Å². The molecule has 0 radical (unpaired) electrons. The molecule has 6 heteroatoms. The SMILES string of the molecule is Cc1cc(C(=O)NC2CCNC(C)C2)c2c(C(C)C)noc2n1. The van der Waals surface area contributed by atoms with Crippen LogP contribution in [0.25, 0.3) is 11.1 Å². The van der Waals surface area contributed by atoms with Gasteiger partial charge < -0.3 is 15.2 Å². The van der Waals surface area contributed by atoms with Gasteiger partial charge in [0, 0.05) is 17.8 Å². The zero-order valence-electron chi connectivity index (χ0n) is 14.1. The van der Waals surface area contributed by atoms with Crippen LogP contribution in [0.1, 0.15) is 61.3 Å². The van der Waals surface area contributed by atoms with Gasteiger partial charge >= 0.3 is 0 Å². The third-order valence-electron chi connectivity index (χ3n) is 4.35. The van der Waals surface area contributed by atoms with Crippen molar-refractivity contribution in [2.24, 2.45) is 0 Å². The van der Waals surface area contributed by atoms with Gasteiger partial charge in [-0.1, -0.05) is 19.0 Å². The Bertz CT molecular complexity index is 723. The maximum Gasteiger partial charge on any atom is 0.259 e. The molecule has 0 bridgehead atoms. The van der Waals surface area contributed by atoms with Gasteiger partial charge in [0.15, 0.2) is 0 Å². The Morgan fingerprint density at radius 3 is 2.96 bits per heavy atom. The third-order valence-corrected chi connectivity index (χ3v) is 4.35. The van der Waals surface area contributed by atoms with Crippen LogP contribution < -0.4 is 10.6 Å². The predicted octanol–water partition coefficient (Wildman–Crippen LogP) is 2.52. The van der Waals surface area contributed by atoms with Crippen LogP contribution in [0.3, 0.4) is 0 Å². The highest BCUT2D eigenvalue weighted by Crippen LogP contribution is 2.27. The van der Waals surface area contributed by atoms with E-state index in [1.807, 2.05) is 26.8 Å². The first-order valence-electron chi connectivity index (χ1n) is 8.27. The highest BCUT2D eigenvalue weighted by atomic mass is 16.5. The summed E-state index contributed by atoms with van der Waals surface area (Å²) in [6.45, 7) is 9.01. The van der Waals surface area contributed by atoms with Crippen LogP contribution in [0.4, 0.5) is 0 Å². The molecule has 6 nitrogen and oxygen atoms in total. The molecule has 2 atom stereocenters. The summed E-state index contributed by atoms with van der Waals surface area (Å²) in [6, 6.07) is 2.45. The van der Waals surface area contributed by atoms with Gasteiger partial charge in [-0.25, -0.2) is 4.98 Å². The summed E-state index contributed by atoms with van der Waals surface area (Å²) < 4.78 is 5.34. The van der Waals surface area contributed by atoms with Gasteiger partial charge in [0.25, 0.3) is 11.6 Å². The first-order valence-corrected chi connectivity index (χ1v) is 8.27. The van der Waals surface area contributed by atoms with Gasteiger partial charge in [-0.3, -0.25) is 4.79 Å². The molecule has 0 aromatic carbocycles. The van der Waals surface area contributed by atoms with Crippen molar-refractivity contribution in [1.29, 1.82) is 0 Å². The number of carbonyl (C=O) groups is 1. The number of amides is 1. The van der Waals surface area contributed by atoms with Crippen molar-refractivity contribution >= 4 is 17.0 Å². The van der Waals surface area contributed by atoms with E-state index >= 15 is 0 Å². The molecule has 124 valence electrons. The van der Waals surface area contributed by atoms with E-state index in [0.717, 1.165) is 36.2 Å². The van der Waals surface area contributed by atoms with Crippen molar-refractivity contribution in [3.63, 3.8) is 0 Å². The largest absolute Gasteiger partial charge is 0.349 e. The number of nitrogens with zero attached hydrogens (tertiary/aromatic N) is 2. The number of piperidine rings is 1. The number of fused-ring (bicyclic) bond motifs is 1. The lowest BCUT2D eigenvalue weighted by atomic mass is 9.99. The van der Waals surface area contributed by atoms with Crippen LogP contribution in [0.2, 0.25) is 0 Å². The summed E-state index contributed by atoms with van der Waals surface area (Å²) in [7, 11) is 0. The van der Waals surface area contributed by atoms with Crippen molar-refractivity contribution in [3.05, 3.63) is 23.0 Å². The number of hydrogen-bond acceptors (Lipinski definition) is 5. The van der Waals surface area contributed by atoms with E-state index in [1.165, 1.54) is 0 Å². The maximum absolute atomic E-state index is 12.8. The zero-order chi connectivity index (χ0) is 16.6. The number of aryl methyl sites for hydroxylation is 1. The summed E-state index contributed by atoms with van der Waals surface area (Å²) in [6.07, 6.45) is 1.89. The Balaban J connectivity index is 1.94. The predicted molar refractivity (Wildman–Crippen MR) is 88.6 cm³/mol. The monoisotopic (exact) mass is 316 g/mol. The van der Waals surface area contributed by atoms with Crippen LogP contribution in [0.15, 0.2) is 10.6 Å². The number of hydrogen-bond donors (Lipinski definition) is 2. The van der Waals surface area contributed by atoms with Crippen molar-refractivity contribution in [3.8, 4) is 0 Å². The van der Waals surface area contributed by atoms with Gasteiger partial charge in [0.05, 0.1) is 16.6 Å². The van der Waals surface area contributed by atoms with E-state index in [0.29, 0.717) is 17.3 Å². The standard InChI is InChI=1S/C17H24N4O2/c1-9(2)15-14-13(8-11(4)19-17(14)23-21-15)16(22)20-12-5-6-18-10(3)7-12/h8-10,12,18H,5-7H2,1-4H3,(H,20,22). The molecule has 0 saturated carbocycles. The minimum absolute atomic E-state index is 0.0651. The number of carbonyl (C=O) groups excluding carboxylic acids is 1. The lowest BCUT2D eigenvalue weighted by Crippen LogP contribution is -2.46. The Hall–Kier alpha value is -1.95. The highest BCUT2D eigenvalue weighted by molar-refractivity contribution is 6.06. The second-order valence-corrected chi connectivity index (χ2v) is 6.76. The van der Waals surface area contributed by atoms with E-state index in [1.54, 1.807) is 0 Å². The molecule has 2 N–H and O–H groups in total. The average molecular weight is 316 g/mol. The summed E-state index contributed by atoms with van der Waals surface area (Å²) >= 11 is 0. The summed E-state index contributed by atoms with van der Waals surface area (Å²) in [4.78, 5) is 17.2. The lowest BCUT2D eigenvalue weighted by molar-refractivity contribution is 0.0927. The smallest absolute Gasteiger partial charge is 0.259 e. The van der Waals surface area contributed by atoms with Crippen LogP contribution in [0, 0.1) is 6.92 Å². The Kier molecular flexibility index (Phi) is 4.35. The minimum Gasteiger partial charge on any atom is -0.349 e. The molecular formula is C17H24N4O2. The van der Waals surface area contributed by atoms with Crippen LogP contribution >= 0.6 is 0 Å². The lowest BCUT2D eigenvalue weighted by Gasteiger charge is -2.28. The van der Waals surface area contributed by atoms with Gasteiger partial charge in [-0.05, 0) is 45.2 Å². The molecule has 1 fully saturated rings. The van der Waals surface area contributed by atoms with Crippen LogP contribution in [-0.2, 0) is 0 Å². The van der Waals surface area contributed by atoms with Gasteiger partial charge in [-0.2, -0.15) is 0 Å². The number of pyridine rings is 1. The number of nitrogens with one attached hydrogen (secondary N) is 2. The van der Waals surface area contributed by atoms with Crippen molar-refractivity contribution in [1.82, 2.24) is 20.8 Å². The summed E-state index contributed by atoms with van der Waals surface area (Å²) in [5, 5.41) is 11.4. The molecule has 1 saturated heterocycles. The summed E-state index contributed by atoms with van der Waals surface area (Å²) in [5.41, 5.74) is 2.60. The van der Waals surface area contributed by atoms with E-state index in [9.17, 15) is 4.79 Å². The molecule has 23 heavy (non-hydrogen) atoms. The van der Waals surface area contributed by atoms with Crippen LogP contribution in [0.5, 0.6) is 0 Å². The molecule has 1 amide bonds. The van der Waals surface area contributed by atoms with Crippen LogP contribution in [-0.4, -0.2) is 34.7 Å². The van der Waals surface area contributed by atoms with Gasteiger partial charge in [0.2, 0.25) is 0 Å². The molecular weight excluding hydrogens is 292 g/mol. The van der Waals surface area contributed by atoms with E-state index in [-0.39, 0.29) is 17.9 Å². The Morgan fingerprint density at radius 2 is 2.26 bits per heavy atom. The fourth-order valence-electron chi connectivity index (χ4n) is 3.20. The Morgan fingerprint density at radius 1 is 1.48 bits per heavy atom. The van der Waals surface area contributed by atoms with E-state index in [4.69, 9.17) is 4.52 Å². The van der Waals surface area contributed by atoms with Gasteiger partial charge in [0.1, 0.15) is 0 Å². The topological polar surface area (TPSA) is 80.0 Å². The number of rotatable bonds is 3. The normalized spacial score (nSPS) is 21.8. The molecule has 1 aliphatic rings. The fraction of sp³-hybridized carbons (Fsp3) is 0.588. The Labute approximate surface area is 136 Å². The third kappa shape index (κ3) is 3.22. The second kappa shape index (κ2) is 6.28. The fourth-order valence-corrected chi connectivity index (χ4v) is 3.20. The maximum atomic E-state index is 12.8. The first-order chi connectivity index (χ1) is 11.0. The molecule has 1 aliphatic heterocycles. The molecule has 0 aliphatic carbocycles. The molecule has 2 aromatic rings. The van der Waals surface area contributed by atoms with Gasteiger partial charge in [-0.15, -0.1) is 0 Å². The number of aromatic nitrogens is 2. The molecule has 3 heterocycles. The molecule has 2 unspecified atom stereocenters. The second-order valence-electron chi connectivity index (χ2n) is 6.76. The quantitative estimate of drug-likeness (QED) is 0.909. The minimum atomic E-state index is -0.0651. The van der Waals surface area contributed by atoms with Crippen molar-refractivity contribution in [2.45, 2.75) is 58.5 Å². The highest BCUT2D eigenvalue weighted by Gasteiger charge is 2.25. The first kappa shape index (κ1) is 15.9. The average Bonchev–Trinajstić information content (AvgIpc) is 2.90. The summed E-state index contributed by atoms with van der Waals surface area (Å²) in [5.74, 6) is 0.107. The molecule has 3 rings (SSSR count). The molecule has 2 aromatic heterocycles. The zero-order valence-corrected chi connectivity index (χ0v) is 14.1. The van der Waals surface area contributed by atoms with Crippen molar-refractivity contribution in [2.75, 3.05) is 6.54 Å².